The van der Waals surface area contributed by atoms with Gasteiger partial charge in [0.15, 0.2) is 0 Å². The molecule has 0 aliphatic heterocycles. The SMILES string of the molecule is CC(C)c1ccccc1-n1c(=O)c2cc(F)ccc2n(C)c1=O. The van der Waals surface area contributed by atoms with Gasteiger partial charge in [-0.2, -0.15) is 0 Å². The van der Waals surface area contributed by atoms with Gasteiger partial charge in [0.25, 0.3) is 5.56 Å². The first-order valence-electron chi connectivity index (χ1n) is 7.42. The van der Waals surface area contributed by atoms with E-state index in [1.807, 2.05) is 26.0 Å². The number of hydrogen-bond acceptors (Lipinski definition) is 2. The first-order chi connectivity index (χ1) is 10.9. The molecule has 1 aromatic heterocycles. The third-order valence-electron chi connectivity index (χ3n) is 4.03. The number of nitrogens with zero attached hydrogens (tertiary/aromatic N) is 2. The van der Waals surface area contributed by atoms with Crippen LogP contribution in [0.25, 0.3) is 16.6 Å². The first-order valence-corrected chi connectivity index (χ1v) is 7.42. The zero-order valence-electron chi connectivity index (χ0n) is 13.2. The van der Waals surface area contributed by atoms with Crippen molar-refractivity contribution < 1.29 is 4.39 Å². The Morgan fingerprint density at radius 2 is 1.74 bits per heavy atom. The van der Waals surface area contributed by atoms with Crippen LogP contribution in [0.1, 0.15) is 25.3 Å². The van der Waals surface area contributed by atoms with Gasteiger partial charge in [-0.25, -0.2) is 13.8 Å². The molecular formula is C18H17FN2O2. The van der Waals surface area contributed by atoms with Crippen molar-refractivity contribution in [3.63, 3.8) is 0 Å². The minimum Gasteiger partial charge on any atom is -0.296 e. The summed E-state index contributed by atoms with van der Waals surface area (Å²) in [7, 11) is 1.58. The van der Waals surface area contributed by atoms with E-state index in [9.17, 15) is 14.0 Å². The fraction of sp³-hybridized carbons (Fsp3) is 0.222. The molecule has 0 aliphatic rings. The fourth-order valence-corrected chi connectivity index (χ4v) is 2.82. The van der Waals surface area contributed by atoms with E-state index >= 15 is 0 Å². The molecule has 0 N–H and O–H groups in total. The van der Waals surface area contributed by atoms with Crippen molar-refractivity contribution in [3.05, 3.63) is 74.7 Å². The average molecular weight is 312 g/mol. The quantitative estimate of drug-likeness (QED) is 0.730. The maximum Gasteiger partial charge on any atom is 0.335 e. The predicted octanol–water partition coefficient (Wildman–Crippen LogP) is 2.95. The van der Waals surface area contributed by atoms with Crippen LogP contribution in [0, 0.1) is 5.82 Å². The molecule has 4 nitrogen and oxygen atoms in total. The number of halogens is 1. The van der Waals surface area contributed by atoms with Crippen LogP contribution in [0.15, 0.2) is 52.1 Å². The first kappa shape index (κ1) is 15.2. The van der Waals surface area contributed by atoms with Crippen LogP contribution in [0.4, 0.5) is 4.39 Å². The van der Waals surface area contributed by atoms with Crippen LogP contribution >= 0.6 is 0 Å². The van der Waals surface area contributed by atoms with Crippen LogP contribution < -0.4 is 11.2 Å². The molecule has 3 rings (SSSR count). The lowest BCUT2D eigenvalue weighted by Crippen LogP contribution is -2.38. The maximum absolute atomic E-state index is 13.6. The van der Waals surface area contributed by atoms with E-state index in [2.05, 4.69) is 0 Å². The van der Waals surface area contributed by atoms with Crippen molar-refractivity contribution in [3.8, 4) is 5.69 Å². The summed E-state index contributed by atoms with van der Waals surface area (Å²) in [5, 5.41) is 0.186. The number of para-hydroxylation sites is 1. The highest BCUT2D eigenvalue weighted by molar-refractivity contribution is 5.78. The predicted molar refractivity (Wildman–Crippen MR) is 88.8 cm³/mol. The molecule has 0 bridgehead atoms. The van der Waals surface area contributed by atoms with Crippen LogP contribution in [0.2, 0.25) is 0 Å². The molecule has 3 aromatic rings. The van der Waals surface area contributed by atoms with Crippen LogP contribution in [0.5, 0.6) is 0 Å². The zero-order valence-corrected chi connectivity index (χ0v) is 13.2. The minimum absolute atomic E-state index is 0.144. The molecule has 5 heteroatoms. The molecule has 0 radical (unpaired) electrons. The van der Waals surface area contributed by atoms with Gasteiger partial charge < -0.3 is 0 Å². The second-order valence-electron chi connectivity index (χ2n) is 5.86. The van der Waals surface area contributed by atoms with Gasteiger partial charge in [-0.3, -0.25) is 9.36 Å². The highest BCUT2D eigenvalue weighted by atomic mass is 19.1. The van der Waals surface area contributed by atoms with Crippen molar-refractivity contribution in [2.45, 2.75) is 19.8 Å². The van der Waals surface area contributed by atoms with Crippen LogP contribution in [0.3, 0.4) is 0 Å². The maximum atomic E-state index is 13.6. The summed E-state index contributed by atoms with van der Waals surface area (Å²) in [6.07, 6.45) is 0. The van der Waals surface area contributed by atoms with Crippen molar-refractivity contribution in [1.82, 2.24) is 9.13 Å². The highest BCUT2D eigenvalue weighted by Crippen LogP contribution is 2.21. The molecule has 0 aliphatic carbocycles. The fourth-order valence-electron chi connectivity index (χ4n) is 2.82. The highest BCUT2D eigenvalue weighted by Gasteiger charge is 2.16. The Kier molecular flexibility index (Phi) is 3.64. The Morgan fingerprint density at radius 3 is 2.43 bits per heavy atom. The summed E-state index contributed by atoms with van der Waals surface area (Å²) in [6, 6.07) is 11.1. The van der Waals surface area contributed by atoms with Gasteiger partial charge in [0.1, 0.15) is 5.82 Å². The molecule has 2 aromatic carbocycles. The lowest BCUT2D eigenvalue weighted by Gasteiger charge is -2.16. The largest absolute Gasteiger partial charge is 0.335 e. The molecule has 1 heterocycles. The van der Waals surface area contributed by atoms with Crippen LogP contribution in [-0.4, -0.2) is 9.13 Å². The van der Waals surface area contributed by atoms with E-state index < -0.39 is 17.1 Å². The van der Waals surface area contributed by atoms with E-state index in [-0.39, 0.29) is 11.3 Å². The molecule has 118 valence electrons. The zero-order chi connectivity index (χ0) is 16.7. The summed E-state index contributed by atoms with van der Waals surface area (Å²) >= 11 is 0. The van der Waals surface area contributed by atoms with Crippen molar-refractivity contribution >= 4 is 10.9 Å². The van der Waals surface area contributed by atoms with Gasteiger partial charge in [-0.1, -0.05) is 32.0 Å². The average Bonchev–Trinajstić information content (AvgIpc) is 2.53. The van der Waals surface area contributed by atoms with E-state index in [0.717, 1.165) is 10.1 Å². The Hall–Kier alpha value is -2.69. The Labute approximate surface area is 132 Å². The van der Waals surface area contributed by atoms with E-state index in [4.69, 9.17) is 0 Å². The number of rotatable bonds is 2. The van der Waals surface area contributed by atoms with Gasteiger partial charge in [0.2, 0.25) is 0 Å². The van der Waals surface area contributed by atoms with Gasteiger partial charge in [0, 0.05) is 7.05 Å². The monoisotopic (exact) mass is 312 g/mol. The molecule has 0 saturated carbocycles. The lowest BCUT2D eigenvalue weighted by molar-refractivity contribution is 0.628. The van der Waals surface area contributed by atoms with Gasteiger partial charge in [0.05, 0.1) is 16.6 Å². The lowest BCUT2D eigenvalue weighted by atomic mass is 10.0. The number of fused-ring (bicyclic) bond motifs is 1. The summed E-state index contributed by atoms with van der Waals surface area (Å²) in [4.78, 5) is 25.5. The van der Waals surface area contributed by atoms with E-state index in [1.54, 1.807) is 19.2 Å². The Bertz CT molecular complexity index is 1020. The third-order valence-corrected chi connectivity index (χ3v) is 4.03. The summed E-state index contributed by atoms with van der Waals surface area (Å²) < 4.78 is 16.0. The molecule has 0 spiro atoms. The standard InChI is InChI=1S/C18H17FN2O2/c1-11(2)13-6-4-5-7-16(13)21-17(22)14-10-12(19)8-9-15(14)20(3)18(21)23/h4-11H,1-3H3. The topological polar surface area (TPSA) is 44.0 Å². The number of hydrogen-bond donors (Lipinski definition) is 0. The van der Waals surface area contributed by atoms with Crippen molar-refractivity contribution in [1.29, 1.82) is 0 Å². The molecular weight excluding hydrogens is 295 g/mol. The van der Waals surface area contributed by atoms with Crippen molar-refractivity contribution in [2.24, 2.45) is 7.05 Å². The third kappa shape index (κ3) is 2.38. The number of aryl methyl sites for hydroxylation is 1. The molecule has 0 fully saturated rings. The van der Waals surface area contributed by atoms with Crippen LogP contribution in [-0.2, 0) is 7.05 Å². The van der Waals surface area contributed by atoms with Crippen molar-refractivity contribution in [2.75, 3.05) is 0 Å². The minimum atomic E-state index is -0.504. The van der Waals surface area contributed by atoms with Gasteiger partial charge in [-0.15, -0.1) is 0 Å². The normalized spacial score (nSPS) is 11.3. The molecule has 0 atom stereocenters. The Balaban J connectivity index is 2.49. The second-order valence-corrected chi connectivity index (χ2v) is 5.86. The summed E-state index contributed by atoms with van der Waals surface area (Å²) in [5.41, 5.74) is 0.902. The molecule has 23 heavy (non-hydrogen) atoms. The summed E-state index contributed by atoms with van der Waals surface area (Å²) in [5.74, 6) is -0.358. The number of aromatic nitrogens is 2. The summed E-state index contributed by atoms with van der Waals surface area (Å²) in [6.45, 7) is 3.99. The van der Waals surface area contributed by atoms with E-state index in [0.29, 0.717) is 11.2 Å². The van der Waals surface area contributed by atoms with Gasteiger partial charge in [-0.05, 0) is 35.7 Å². The molecule has 0 saturated heterocycles. The molecule has 0 amide bonds. The second kappa shape index (κ2) is 5.50. The number of benzene rings is 2. The van der Waals surface area contributed by atoms with E-state index in [1.165, 1.54) is 22.8 Å². The smallest absolute Gasteiger partial charge is 0.296 e. The molecule has 0 unspecified atom stereocenters. The Morgan fingerprint density at radius 1 is 1.04 bits per heavy atom. The van der Waals surface area contributed by atoms with Gasteiger partial charge >= 0.3 is 5.69 Å².